The van der Waals surface area contributed by atoms with Gasteiger partial charge in [0.1, 0.15) is 0 Å². The number of hydrogen-bond donors (Lipinski definition) is 3. The zero-order valence-electron chi connectivity index (χ0n) is 14.7. The monoisotopic (exact) mass is 383 g/mol. The summed E-state index contributed by atoms with van der Waals surface area (Å²) in [5.41, 5.74) is 2.69. The van der Waals surface area contributed by atoms with Crippen LogP contribution in [0.25, 0.3) is 10.9 Å². The molecule has 1 heterocycles. The molecule has 1 fully saturated rings. The molecule has 140 valence electrons. The SMILES string of the molecule is O=C(CCc1ccc(S(=O)(=O)NC2CC2)cc1)Nc1cccc2[nH]ccc12. The van der Waals surface area contributed by atoms with Crippen molar-refractivity contribution in [2.24, 2.45) is 0 Å². The first-order chi connectivity index (χ1) is 13.0. The molecule has 1 aromatic heterocycles. The van der Waals surface area contributed by atoms with Gasteiger partial charge >= 0.3 is 0 Å². The normalized spacial score (nSPS) is 14.4. The molecule has 0 aliphatic heterocycles. The average molecular weight is 383 g/mol. The van der Waals surface area contributed by atoms with Crippen molar-refractivity contribution in [1.82, 2.24) is 9.71 Å². The summed E-state index contributed by atoms with van der Waals surface area (Å²) < 4.78 is 27.0. The molecule has 3 aromatic rings. The summed E-state index contributed by atoms with van der Waals surface area (Å²) in [7, 11) is -3.43. The van der Waals surface area contributed by atoms with Crippen LogP contribution in [0.2, 0.25) is 0 Å². The highest BCUT2D eigenvalue weighted by atomic mass is 32.2. The second-order valence-corrected chi connectivity index (χ2v) is 8.55. The summed E-state index contributed by atoms with van der Waals surface area (Å²) in [4.78, 5) is 15.7. The molecule has 0 atom stereocenters. The molecule has 4 rings (SSSR count). The van der Waals surface area contributed by atoms with Gasteiger partial charge in [0.05, 0.1) is 10.6 Å². The van der Waals surface area contributed by atoms with E-state index in [1.54, 1.807) is 24.3 Å². The van der Waals surface area contributed by atoms with E-state index in [1.165, 1.54) is 0 Å². The molecule has 0 spiro atoms. The summed E-state index contributed by atoms with van der Waals surface area (Å²) in [6.45, 7) is 0. The van der Waals surface area contributed by atoms with Crippen LogP contribution >= 0.6 is 0 Å². The van der Waals surface area contributed by atoms with E-state index in [2.05, 4.69) is 15.0 Å². The van der Waals surface area contributed by atoms with E-state index in [0.717, 1.165) is 35.0 Å². The maximum absolute atomic E-state index is 12.3. The van der Waals surface area contributed by atoms with Crippen LogP contribution in [0.15, 0.2) is 59.6 Å². The number of benzene rings is 2. The molecule has 0 radical (unpaired) electrons. The van der Waals surface area contributed by atoms with E-state index in [1.807, 2.05) is 30.5 Å². The zero-order valence-corrected chi connectivity index (χ0v) is 15.6. The second-order valence-electron chi connectivity index (χ2n) is 6.83. The molecular formula is C20H21N3O3S. The molecule has 0 bridgehead atoms. The number of carbonyl (C=O) groups is 1. The van der Waals surface area contributed by atoms with Gasteiger partial charge in [-0.05, 0) is 55.2 Å². The fraction of sp³-hybridized carbons (Fsp3) is 0.250. The number of fused-ring (bicyclic) bond motifs is 1. The molecule has 3 N–H and O–H groups in total. The number of aryl methyl sites for hydroxylation is 1. The highest BCUT2D eigenvalue weighted by molar-refractivity contribution is 7.89. The minimum atomic E-state index is -3.43. The lowest BCUT2D eigenvalue weighted by atomic mass is 10.1. The van der Waals surface area contributed by atoms with Gasteiger partial charge in [-0.25, -0.2) is 13.1 Å². The quantitative estimate of drug-likeness (QED) is 0.585. The van der Waals surface area contributed by atoms with Crippen molar-refractivity contribution in [2.75, 3.05) is 5.32 Å². The number of hydrogen-bond acceptors (Lipinski definition) is 3. The van der Waals surface area contributed by atoms with Crippen LogP contribution in [0, 0.1) is 0 Å². The lowest BCUT2D eigenvalue weighted by Crippen LogP contribution is -2.25. The Morgan fingerprint density at radius 3 is 2.59 bits per heavy atom. The van der Waals surface area contributed by atoms with E-state index in [4.69, 9.17) is 0 Å². The molecule has 1 amide bonds. The highest BCUT2D eigenvalue weighted by Gasteiger charge is 2.27. The summed E-state index contributed by atoms with van der Waals surface area (Å²) in [6, 6.07) is 14.5. The number of rotatable bonds is 7. The lowest BCUT2D eigenvalue weighted by molar-refractivity contribution is -0.116. The van der Waals surface area contributed by atoms with Crippen LogP contribution in [0.4, 0.5) is 5.69 Å². The summed E-state index contributed by atoms with van der Waals surface area (Å²) in [6.07, 6.45) is 4.53. The lowest BCUT2D eigenvalue weighted by Gasteiger charge is -2.08. The van der Waals surface area contributed by atoms with Gasteiger partial charge in [0, 0.05) is 29.6 Å². The van der Waals surface area contributed by atoms with Crippen LogP contribution in [-0.2, 0) is 21.2 Å². The molecule has 0 saturated heterocycles. The predicted molar refractivity (Wildman–Crippen MR) is 105 cm³/mol. The number of anilines is 1. The Balaban J connectivity index is 1.35. The Hall–Kier alpha value is -2.64. The van der Waals surface area contributed by atoms with E-state index in [0.29, 0.717) is 12.8 Å². The zero-order chi connectivity index (χ0) is 18.9. The Bertz CT molecular complexity index is 1070. The van der Waals surface area contributed by atoms with Crippen LogP contribution in [0.3, 0.4) is 0 Å². The largest absolute Gasteiger partial charge is 0.361 e. The van der Waals surface area contributed by atoms with Crippen LogP contribution in [0.1, 0.15) is 24.8 Å². The van der Waals surface area contributed by atoms with E-state index >= 15 is 0 Å². The number of aromatic amines is 1. The molecule has 1 aliphatic rings. The first-order valence-electron chi connectivity index (χ1n) is 8.98. The van der Waals surface area contributed by atoms with E-state index in [9.17, 15) is 13.2 Å². The van der Waals surface area contributed by atoms with Crippen molar-refractivity contribution in [3.63, 3.8) is 0 Å². The number of carbonyl (C=O) groups excluding carboxylic acids is 1. The van der Waals surface area contributed by atoms with Gasteiger partial charge in [-0.2, -0.15) is 0 Å². The molecule has 1 saturated carbocycles. The number of H-pyrrole nitrogens is 1. The number of amides is 1. The smallest absolute Gasteiger partial charge is 0.240 e. The molecule has 6 nitrogen and oxygen atoms in total. The van der Waals surface area contributed by atoms with Crippen molar-refractivity contribution in [3.8, 4) is 0 Å². The molecule has 7 heteroatoms. The first-order valence-corrected chi connectivity index (χ1v) is 10.5. The summed E-state index contributed by atoms with van der Waals surface area (Å²) in [5, 5.41) is 3.92. The van der Waals surface area contributed by atoms with Crippen LogP contribution in [-0.4, -0.2) is 25.4 Å². The number of aromatic nitrogens is 1. The molecule has 1 aliphatic carbocycles. The van der Waals surface area contributed by atoms with Crippen LogP contribution < -0.4 is 10.0 Å². The third-order valence-corrected chi connectivity index (χ3v) is 6.18. The van der Waals surface area contributed by atoms with Crippen molar-refractivity contribution < 1.29 is 13.2 Å². The average Bonchev–Trinajstić information content (AvgIpc) is 3.31. The Kier molecular flexibility index (Phi) is 4.72. The minimum absolute atomic E-state index is 0.0733. The fourth-order valence-corrected chi connectivity index (χ4v) is 4.29. The van der Waals surface area contributed by atoms with Crippen molar-refractivity contribution in [1.29, 1.82) is 0 Å². The fourth-order valence-electron chi connectivity index (χ4n) is 2.99. The van der Waals surface area contributed by atoms with Crippen molar-refractivity contribution in [3.05, 3.63) is 60.3 Å². The van der Waals surface area contributed by atoms with Crippen molar-refractivity contribution in [2.45, 2.75) is 36.6 Å². The molecule has 2 aromatic carbocycles. The number of nitrogens with one attached hydrogen (secondary N) is 3. The highest BCUT2D eigenvalue weighted by Crippen LogP contribution is 2.23. The van der Waals surface area contributed by atoms with Gasteiger partial charge in [0.25, 0.3) is 0 Å². The van der Waals surface area contributed by atoms with E-state index in [-0.39, 0.29) is 16.8 Å². The maximum atomic E-state index is 12.3. The van der Waals surface area contributed by atoms with Gasteiger partial charge in [-0.15, -0.1) is 0 Å². The standard InChI is InChI=1S/C20H21N3O3S/c24-20(22-19-3-1-2-18-17(19)12-13-21-18)11-6-14-4-9-16(10-5-14)27(25,26)23-15-7-8-15/h1-5,9-10,12-13,15,21,23H,6-8,11H2,(H,22,24). The first kappa shape index (κ1) is 17.8. The summed E-state index contributed by atoms with van der Waals surface area (Å²) >= 11 is 0. The predicted octanol–water partition coefficient (Wildman–Crippen LogP) is 3.18. The Morgan fingerprint density at radius 2 is 1.85 bits per heavy atom. The molecule has 27 heavy (non-hydrogen) atoms. The Morgan fingerprint density at radius 1 is 1.07 bits per heavy atom. The summed E-state index contributed by atoms with van der Waals surface area (Å²) in [5.74, 6) is -0.0733. The minimum Gasteiger partial charge on any atom is -0.361 e. The van der Waals surface area contributed by atoms with Gasteiger partial charge in [0.2, 0.25) is 15.9 Å². The molecule has 0 unspecified atom stereocenters. The van der Waals surface area contributed by atoms with Gasteiger partial charge in [-0.1, -0.05) is 18.2 Å². The topological polar surface area (TPSA) is 91.1 Å². The number of sulfonamides is 1. The van der Waals surface area contributed by atoms with E-state index < -0.39 is 10.0 Å². The van der Waals surface area contributed by atoms with Gasteiger partial charge in [0.15, 0.2) is 0 Å². The van der Waals surface area contributed by atoms with Gasteiger partial charge < -0.3 is 10.3 Å². The third kappa shape index (κ3) is 4.20. The van der Waals surface area contributed by atoms with Crippen LogP contribution in [0.5, 0.6) is 0 Å². The van der Waals surface area contributed by atoms with Crippen molar-refractivity contribution >= 4 is 32.5 Å². The molecular weight excluding hydrogens is 362 g/mol. The maximum Gasteiger partial charge on any atom is 0.240 e. The third-order valence-electron chi connectivity index (χ3n) is 4.64. The Labute approximate surface area is 158 Å². The second kappa shape index (κ2) is 7.17. The van der Waals surface area contributed by atoms with Gasteiger partial charge in [-0.3, -0.25) is 4.79 Å².